The van der Waals surface area contributed by atoms with Crippen LogP contribution in [0.3, 0.4) is 0 Å². The number of hydrogen-bond acceptors (Lipinski definition) is 11. The third kappa shape index (κ3) is 7.76. The molecule has 0 spiro atoms. The van der Waals surface area contributed by atoms with Crippen molar-refractivity contribution in [1.29, 1.82) is 0 Å². The van der Waals surface area contributed by atoms with Gasteiger partial charge in [0.25, 0.3) is 0 Å². The van der Waals surface area contributed by atoms with E-state index in [1.54, 1.807) is 0 Å². The first-order chi connectivity index (χ1) is 24.5. The quantitative estimate of drug-likeness (QED) is 0.258. The average molecular weight is 719 g/mol. The smallest absolute Gasteiger partial charge is 0.335 e. The highest BCUT2D eigenvalue weighted by Crippen LogP contribution is 2.59. The van der Waals surface area contributed by atoms with Gasteiger partial charge in [-0.05, 0) is 122 Å². The predicted molar refractivity (Wildman–Crippen MR) is 184 cm³/mol. The Kier molecular flexibility index (Phi) is 11.1. The molecule has 4 heterocycles. The van der Waals surface area contributed by atoms with Crippen LogP contribution in [0.1, 0.15) is 118 Å². The van der Waals surface area contributed by atoms with Crippen molar-refractivity contribution in [2.75, 3.05) is 33.0 Å². The van der Waals surface area contributed by atoms with Crippen molar-refractivity contribution in [3.05, 3.63) is 0 Å². The SMILES string of the molecule is CCOC12CC3CC(C1)OC(=O)C(C3)C2.CCOC12CC3CC(CC(O)(C3)C1)C2.CCOC1C2CC3C(=O)OC1C3C2.CCOC1CCOC1=O. The van der Waals surface area contributed by atoms with E-state index in [1.165, 1.54) is 19.3 Å². The third-order valence-electron chi connectivity index (χ3n) is 13.6. The number of rotatable bonds is 8. The fraction of sp³-hybridized carbons (Fsp3) is 0.925. The van der Waals surface area contributed by atoms with Crippen LogP contribution < -0.4 is 0 Å². The first-order valence-electron chi connectivity index (χ1n) is 20.3. The van der Waals surface area contributed by atoms with E-state index in [0.717, 1.165) is 95.9 Å². The maximum Gasteiger partial charge on any atom is 0.335 e. The molecule has 11 heteroatoms. The highest BCUT2D eigenvalue weighted by molar-refractivity contribution is 5.77. The van der Waals surface area contributed by atoms with Gasteiger partial charge in [-0.1, -0.05) is 0 Å². The van der Waals surface area contributed by atoms with Crippen LogP contribution in [0, 0.1) is 41.4 Å². The molecule has 0 aromatic rings. The molecule has 11 nitrogen and oxygen atoms in total. The molecule has 0 radical (unpaired) electrons. The van der Waals surface area contributed by atoms with Crippen molar-refractivity contribution in [2.45, 2.75) is 159 Å². The molecule has 0 amide bonds. The minimum absolute atomic E-state index is 0.0275. The number of cyclic esters (lactones) is 1. The van der Waals surface area contributed by atoms with Crippen molar-refractivity contribution < 1.29 is 52.6 Å². The number of fused-ring (bicyclic) bond motifs is 2. The van der Waals surface area contributed by atoms with Crippen LogP contribution in [-0.4, -0.2) is 97.3 Å². The summed E-state index contributed by atoms with van der Waals surface area (Å²) in [5.74, 6) is 3.39. The van der Waals surface area contributed by atoms with Crippen LogP contribution in [0.4, 0.5) is 0 Å². The zero-order chi connectivity index (χ0) is 36.0. The second-order valence-corrected chi connectivity index (χ2v) is 17.3. The topological polar surface area (TPSA) is 136 Å². The molecule has 10 bridgehead atoms. The summed E-state index contributed by atoms with van der Waals surface area (Å²) in [6, 6.07) is 0. The molecule has 288 valence electrons. The second kappa shape index (κ2) is 15.2. The van der Waals surface area contributed by atoms with E-state index in [4.69, 9.17) is 28.4 Å². The standard InChI is InChI=1S/C12H18O3.C12H20O2.C10H14O3.C6H10O3/c1-2-14-12-5-8-3-9(6-12)11(13)15-10(4-8)7-12;1-2-14-12-6-9-3-10(7-12)5-11(13,4-9)8-12;1-2-12-8-5-3-6-7(4-5)10(11)13-9(6)8;1-2-8-5-3-4-9-6(5)7/h8-10H,2-7H2,1H3;9-10,13H,2-8H2,1H3;5-9H,2-4H2,1H3;5H,2-4H2,1H3. The summed E-state index contributed by atoms with van der Waals surface area (Å²) in [7, 11) is 0. The molecular weight excluding hydrogens is 656 g/mol. The Morgan fingerprint density at radius 1 is 0.686 bits per heavy atom. The first-order valence-corrected chi connectivity index (χ1v) is 20.3. The molecule has 12 atom stereocenters. The van der Waals surface area contributed by atoms with E-state index in [9.17, 15) is 19.5 Å². The highest BCUT2D eigenvalue weighted by Gasteiger charge is 2.62. The van der Waals surface area contributed by atoms with Crippen LogP contribution in [0.15, 0.2) is 0 Å². The lowest BCUT2D eigenvalue weighted by Crippen LogP contribution is -2.59. The molecule has 12 rings (SSSR count). The molecule has 0 aromatic heterocycles. The Morgan fingerprint density at radius 2 is 1.39 bits per heavy atom. The lowest BCUT2D eigenvalue weighted by Gasteiger charge is -2.59. The molecule has 4 saturated heterocycles. The third-order valence-corrected chi connectivity index (χ3v) is 13.6. The van der Waals surface area contributed by atoms with Crippen LogP contribution in [0.5, 0.6) is 0 Å². The van der Waals surface area contributed by atoms with Crippen molar-refractivity contribution in [3.63, 3.8) is 0 Å². The van der Waals surface area contributed by atoms with Gasteiger partial charge in [-0.25, -0.2) is 4.79 Å². The Morgan fingerprint density at radius 3 is 2.04 bits per heavy atom. The van der Waals surface area contributed by atoms with Crippen LogP contribution in [0.2, 0.25) is 0 Å². The van der Waals surface area contributed by atoms with Crippen molar-refractivity contribution >= 4 is 17.9 Å². The van der Waals surface area contributed by atoms with E-state index in [1.807, 2.05) is 20.8 Å². The van der Waals surface area contributed by atoms with E-state index in [0.29, 0.717) is 37.4 Å². The van der Waals surface area contributed by atoms with Crippen LogP contribution in [-0.2, 0) is 47.5 Å². The van der Waals surface area contributed by atoms with E-state index in [-0.39, 0.29) is 71.0 Å². The second-order valence-electron chi connectivity index (χ2n) is 17.3. The summed E-state index contributed by atoms with van der Waals surface area (Å²) in [4.78, 5) is 33.7. The van der Waals surface area contributed by atoms with Gasteiger partial charge < -0.3 is 38.3 Å². The molecule has 4 aliphatic heterocycles. The fourth-order valence-electron chi connectivity index (χ4n) is 12.6. The summed E-state index contributed by atoms with van der Waals surface area (Å²) in [6.45, 7) is 11.4. The van der Waals surface area contributed by atoms with Gasteiger partial charge >= 0.3 is 17.9 Å². The lowest BCUT2D eigenvalue weighted by atomic mass is 9.52. The number of aliphatic hydroxyl groups is 1. The normalized spacial score (nSPS) is 47.0. The van der Waals surface area contributed by atoms with Gasteiger partial charge in [0.15, 0.2) is 6.10 Å². The summed E-state index contributed by atoms with van der Waals surface area (Å²) < 4.78 is 38.0. The minimum Gasteiger partial charge on any atom is -0.464 e. The average Bonchev–Trinajstić information content (AvgIpc) is 3.77. The molecule has 51 heavy (non-hydrogen) atoms. The van der Waals surface area contributed by atoms with E-state index < -0.39 is 0 Å². The number of esters is 3. The molecule has 8 saturated carbocycles. The van der Waals surface area contributed by atoms with Crippen molar-refractivity contribution in [3.8, 4) is 0 Å². The Labute approximate surface area is 303 Å². The van der Waals surface area contributed by atoms with E-state index >= 15 is 0 Å². The Bertz CT molecular complexity index is 1260. The maximum absolute atomic E-state index is 11.7. The summed E-state index contributed by atoms with van der Waals surface area (Å²) in [5.41, 5.74) is -0.329. The van der Waals surface area contributed by atoms with Gasteiger partial charge in [-0.2, -0.15) is 0 Å². The van der Waals surface area contributed by atoms with Gasteiger partial charge in [-0.15, -0.1) is 0 Å². The Hall–Kier alpha value is -1.79. The molecule has 12 fully saturated rings. The monoisotopic (exact) mass is 718 g/mol. The predicted octanol–water partition coefficient (Wildman–Crippen LogP) is 5.32. The molecular formula is C40H62O11. The zero-order valence-corrected chi connectivity index (χ0v) is 31.3. The van der Waals surface area contributed by atoms with Crippen LogP contribution in [0.25, 0.3) is 0 Å². The van der Waals surface area contributed by atoms with Gasteiger partial charge in [-0.3, -0.25) is 9.59 Å². The highest BCUT2D eigenvalue weighted by atomic mass is 16.6. The first kappa shape index (κ1) is 37.5. The zero-order valence-electron chi connectivity index (χ0n) is 31.3. The lowest BCUT2D eigenvalue weighted by molar-refractivity contribution is -0.218. The van der Waals surface area contributed by atoms with Gasteiger partial charge in [0.2, 0.25) is 0 Å². The van der Waals surface area contributed by atoms with Crippen molar-refractivity contribution in [2.24, 2.45) is 41.4 Å². The van der Waals surface area contributed by atoms with E-state index in [2.05, 4.69) is 11.7 Å². The minimum atomic E-state index is -0.362. The number of carbonyl (C=O) groups excluding carboxylic acids is 3. The molecule has 12 unspecified atom stereocenters. The van der Waals surface area contributed by atoms with Gasteiger partial charge in [0, 0.05) is 51.6 Å². The maximum atomic E-state index is 11.7. The fourth-order valence-corrected chi connectivity index (χ4v) is 12.6. The molecule has 12 aliphatic rings. The molecule has 0 aromatic carbocycles. The summed E-state index contributed by atoms with van der Waals surface area (Å²) in [6.07, 6.45) is 14.8. The molecule has 1 N–H and O–H groups in total. The van der Waals surface area contributed by atoms with Crippen molar-refractivity contribution in [1.82, 2.24) is 0 Å². The number of hydrogen-bond donors (Lipinski definition) is 1. The van der Waals surface area contributed by atoms with Crippen LogP contribution >= 0.6 is 0 Å². The summed E-state index contributed by atoms with van der Waals surface area (Å²) >= 11 is 0. The largest absolute Gasteiger partial charge is 0.464 e. The summed E-state index contributed by atoms with van der Waals surface area (Å²) in [5, 5.41) is 10.4. The number of carbonyl (C=O) groups is 3. The number of ether oxygens (including phenoxy) is 7. The Balaban J connectivity index is 0.000000108. The molecule has 8 aliphatic carbocycles. The van der Waals surface area contributed by atoms with Gasteiger partial charge in [0.1, 0.15) is 12.2 Å². The van der Waals surface area contributed by atoms with Gasteiger partial charge in [0.05, 0.1) is 41.3 Å².